The van der Waals surface area contributed by atoms with Crippen LogP contribution in [0.4, 0.5) is 5.69 Å². The fourth-order valence-electron chi connectivity index (χ4n) is 1.59. The summed E-state index contributed by atoms with van der Waals surface area (Å²) < 4.78 is 23.6. The van der Waals surface area contributed by atoms with Crippen molar-refractivity contribution in [2.24, 2.45) is 0 Å². The van der Waals surface area contributed by atoms with Gasteiger partial charge in [-0.25, -0.2) is 0 Å². The van der Waals surface area contributed by atoms with E-state index in [-0.39, 0.29) is 11.4 Å². The normalized spacial score (nSPS) is 12.1. The molecule has 0 bridgehead atoms. The number of aromatic hydroxyl groups is 1. The molecule has 2 aromatic rings. The number of hydrogen-bond acceptors (Lipinski definition) is 3. The van der Waals surface area contributed by atoms with Gasteiger partial charge < -0.3 is 14.4 Å². The highest BCUT2D eigenvalue weighted by Gasteiger charge is 2.08. The summed E-state index contributed by atoms with van der Waals surface area (Å²) in [4.78, 5) is 0. The van der Waals surface area contributed by atoms with E-state index in [0.717, 1.165) is 5.56 Å². The number of hydrogen-bond donors (Lipinski definition) is 2. The van der Waals surface area contributed by atoms with E-state index in [2.05, 4.69) is 4.72 Å². The molecule has 0 aliphatic carbocycles. The maximum absolute atomic E-state index is 10.7. The average Bonchev–Trinajstić information content (AvgIpc) is 2.32. The van der Waals surface area contributed by atoms with Gasteiger partial charge in [0.15, 0.2) is 0 Å². The van der Waals surface area contributed by atoms with Crippen LogP contribution < -0.4 is 4.72 Å². The van der Waals surface area contributed by atoms with E-state index in [1.54, 1.807) is 12.1 Å². The van der Waals surface area contributed by atoms with Crippen LogP contribution in [0.15, 0.2) is 48.5 Å². The lowest BCUT2D eigenvalue weighted by Gasteiger charge is -2.15. The van der Waals surface area contributed by atoms with Crippen LogP contribution in [0.25, 0.3) is 11.1 Å². The lowest BCUT2D eigenvalue weighted by Crippen LogP contribution is -2.03. The van der Waals surface area contributed by atoms with E-state index in [4.69, 9.17) is 0 Å². The van der Waals surface area contributed by atoms with Crippen molar-refractivity contribution in [1.82, 2.24) is 0 Å². The van der Waals surface area contributed by atoms with Gasteiger partial charge in [0, 0.05) is 16.8 Å². The summed E-state index contributed by atoms with van der Waals surface area (Å²) in [6.07, 6.45) is 0. The zero-order valence-corrected chi connectivity index (χ0v) is 9.61. The first-order chi connectivity index (χ1) is 8.18. The van der Waals surface area contributed by atoms with Crippen molar-refractivity contribution in [2.75, 3.05) is 4.72 Å². The molecule has 4 nitrogen and oxygen atoms in total. The molecule has 0 heterocycles. The van der Waals surface area contributed by atoms with Gasteiger partial charge in [0.25, 0.3) is 0 Å². The highest BCUT2D eigenvalue weighted by atomic mass is 32.2. The molecule has 1 atom stereocenters. The lowest BCUT2D eigenvalue weighted by molar-refractivity contribution is 0.477. The molecule has 0 saturated carbocycles. The number of rotatable bonds is 3. The molecule has 0 aliphatic rings. The molecule has 88 valence electrons. The third-order valence-electron chi connectivity index (χ3n) is 2.31. The van der Waals surface area contributed by atoms with Gasteiger partial charge in [0.2, 0.25) is 0 Å². The number of nitrogens with one attached hydrogen (secondary N) is 1. The van der Waals surface area contributed by atoms with Gasteiger partial charge in [-0.15, -0.1) is 0 Å². The molecule has 0 aliphatic heterocycles. The minimum atomic E-state index is -2.47. The second kappa shape index (κ2) is 4.99. The van der Waals surface area contributed by atoms with Crippen LogP contribution in [0.5, 0.6) is 5.75 Å². The Labute approximate surface area is 101 Å². The van der Waals surface area contributed by atoms with Crippen molar-refractivity contribution < 1.29 is 13.9 Å². The Kier molecular flexibility index (Phi) is 3.41. The second-order valence-electron chi connectivity index (χ2n) is 3.40. The molecule has 2 N–H and O–H groups in total. The van der Waals surface area contributed by atoms with Crippen LogP contribution >= 0.6 is 0 Å². The molecule has 2 rings (SSSR count). The number of phenols is 1. The highest BCUT2D eigenvalue weighted by molar-refractivity contribution is 7.80. The molecule has 0 amide bonds. The Bertz CT molecular complexity index is 543. The number of benzene rings is 2. The van der Waals surface area contributed by atoms with Crippen LogP contribution in [0, 0.1) is 0 Å². The smallest absolute Gasteiger partial charge is 0.140 e. The van der Waals surface area contributed by atoms with Crippen molar-refractivity contribution in [3.05, 3.63) is 48.5 Å². The molecule has 1 unspecified atom stereocenters. The van der Waals surface area contributed by atoms with Crippen LogP contribution in [-0.4, -0.2) is 13.9 Å². The first-order valence-corrected chi connectivity index (χ1v) is 5.99. The number of anilines is 1. The summed E-state index contributed by atoms with van der Waals surface area (Å²) in [6.45, 7) is 0. The maximum Gasteiger partial charge on any atom is 0.140 e. The molecule has 17 heavy (non-hydrogen) atoms. The summed E-state index contributed by atoms with van der Waals surface area (Å²) in [5.74, 6) is -0.101. The minimum absolute atomic E-state index is 0.101. The van der Waals surface area contributed by atoms with E-state index in [0.29, 0.717) is 5.56 Å². The van der Waals surface area contributed by atoms with Gasteiger partial charge in [-0.1, -0.05) is 42.5 Å². The molecular formula is C12H10NO3S-. The van der Waals surface area contributed by atoms with E-state index in [1.807, 2.05) is 30.3 Å². The Balaban J connectivity index is 2.54. The molecule has 0 saturated heterocycles. The van der Waals surface area contributed by atoms with Crippen molar-refractivity contribution in [3.8, 4) is 16.9 Å². The summed E-state index contributed by atoms with van der Waals surface area (Å²) in [5.41, 5.74) is 1.65. The van der Waals surface area contributed by atoms with Gasteiger partial charge in [-0.2, -0.15) is 0 Å². The van der Waals surface area contributed by atoms with Gasteiger partial charge >= 0.3 is 0 Å². The third-order valence-corrected chi connectivity index (χ3v) is 2.68. The summed E-state index contributed by atoms with van der Waals surface area (Å²) in [5, 5.41) is 9.67. The minimum Gasteiger partial charge on any atom is -0.755 e. The number of para-hydroxylation sites is 1. The van der Waals surface area contributed by atoms with Crippen LogP contribution in [0.1, 0.15) is 0 Å². The maximum atomic E-state index is 10.7. The van der Waals surface area contributed by atoms with E-state index in [9.17, 15) is 13.9 Å². The van der Waals surface area contributed by atoms with Crippen molar-refractivity contribution in [1.29, 1.82) is 0 Å². The Morgan fingerprint density at radius 1 is 1.06 bits per heavy atom. The molecule has 0 spiro atoms. The quantitative estimate of drug-likeness (QED) is 0.646. The lowest BCUT2D eigenvalue weighted by atomic mass is 10.0. The summed E-state index contributed by atoms with van der Waals surface area (Å²) in [6, 6.07) is 14.1. The van der Waals surface area contributed by atoms with Crippen LogP contribution in [0.2, 0.25) is 0 Å². The second-order valence-corrected chi connectivity index (χ2v) is 4.08. The highest BCUT2D eigenvalue weighted by Crippen LogP contribution is 2.34. The third kappa shape index (κ3) is 2.64. The average molecular weight is 248 g/mol. The van der Waals surface area contributed by atoms with Gasteiger partial charge in [-0.3, -0.25) is 4.21 Å². The van der Waals surface area contributed by atoms with Crippen molar-refractivity contribution in [2.45, 2.75) is 0 Å². The van der Waals surface area contributed by atoms with Crippen LogP contribution in [-0.2, 0) is 11.3 Å². The van der Waals surface area contributed by atoms with Crippen LogP contribution in [0.3, 0.4) is 0 Å². The topological polar surface area (TPSA) is 72.4 Å². The Morgan fingerprint density at radius 3 is 2.41 bits per heavy atom. The Morgan fingerprint density at radius 2 is 1.76 bits per heavy atom. The predicted molar refractivity (Wildman–Crippen MR) is 66.1 cm³/mol. The van der Waals surface area contributed by atoms with Gasteiger partial charge in [0.1, 0.15) is 5.75 Å². The SMILES string of the molecule is O=S([O-])Nc1c(O)cccc1-c1ccccc1. The number of phenolic OH excluding ortho intramolecular Hbond substituents is 1. The molecule has 5 heteroatoms. The zero-order chi connectivity index (χ0) is 12.3. The fourth-order valence-corrected chi connectivity index (χ4v) is 1.97. The zero-order valence-electron chi connectivity index (χ0n) is 8.79. The molecule has 0 fully saturated rings. The largest absolute Gasteiger partial charge is 0.755 e. The first-order valence-electron chi connectivity index (χ1n) is 4.92. The molecule has 2 aromatic carbocycles. The van der Waals surface area contributed by atoms with E-state index in [1.165, 1.54) is 6.07 Å². The molecule has 0 radical (unpaired) electrons. The Hall–Kier alpha value is -1.85. The van der Waals surface area contributed by atoms with Crippen molar-refractivity contribution >= 4 is 17.0 Å². The van der Waals surface area contributed by atoms with E-state index < -0.39 is 11.3 Å². The monoisotopic (exact) mass is 248 g/mol. The van der Waals surface area contributed by atoms with Crippen molar-refractivity contribution in [3.63, 3.8) is 0 Å². The summed E-state index contributed by atoms with van der Waals surface area (Å²) >= 11 is -2.47. The fraction of sp³-hybridized carbons (Fsp3) is 0. The standard InChI is InChI=1S/C12H11NO3S/c14-11-8-4-7-10(12(11)13-17(15)16)9-5-2-1-3-6-9/h1-8,13-14H,(H,15,16)/p-1. The van der Waals surface area contributed by atoms with Gasteiger partial charge in [0.05, 0.1) is 5.69 Å². The van der Waals surface area contributed by atoms with Gasteiger partial charge in [-0.05, 0) is 11.6 Å². The predicted octanol–water partition coefficient (Wildman–Crippen LogP) is 2.27. The molecular weight excluding hydrogens is 238 g/mol. The molecule has 0 aromatic heterocycles. The van der Waals surface area contributed by atoms with E-state index >= 15 is 0 Å². The summed E-state index contributed by atoms with van der Waals surface area (Å²) in [7, 11) is 0. The first kappa shape index (κ1) is 11.6.